The fraction of sp³-hybridized carbons (Fsp3) is 0.286. The minimum atomic E-state index is -0.0479. The zero-order valence-corrected chi connectivity index (χ0v) is 15.1. The van der Waals surface area contributed by atoms with Crippen molar-refractivity contribution >= 4 is 5.91 Å². The van der Waals surface area contributed by atoms with Crippen LogP contribution < -0.4 is 10.6 Å². The first-order valence-corrected chi connectivity index (χ1v) is 9.30. The highest BCUT2D eigenvalue weighted by Crippen LogP contribution is 2.24. The summed E-state index contributed by atoms with van der Waals surface area (Å²) in [7, 11) is 0. The van der Waals surface area contributed by atoms with Gasteiger partial charge in [-0.25, -0.2) is 9.67 Å². The van der Waals surface area contributed by atoms with E-state index < -0.39 is 0 Å². The molecule has 1 aliphatic rings. The van der Waals surface area contributed by atoms with Gasteiger partial charge in [0.25, 0.3) is 0 Å². The summed E-state index contributed by atoms with van der Waals surface area (Å²) in [5, 5.41) is 10.5. The number of hydrogen-bond acceptors (Lipinski definition) is 4. The van der Waals surface area contributed by atoms with Gasteiger partial charge in [0.05, 0.1) is 12.6 Å². The molecule has 0 aliphatic carbocycles. The molecule has 6 nitrogen and oxygen atoms in total. The first kappa shape index (κ1) is 17.4. The summed E-state index contributed by atoms with van der Waals surface area (Å²) >= 11 is 0. The van der Waals surface area contributed by atoms with Crippen LogP contribution >= 0.6 is 0 Å². The lowest BCUT2D eigenvalue weighted by molar-refractivity contribution is -0.122. The molecule has 6 heteroatoms. The summed E-state index contributed by atoms with van der Waals surface area (Å²) < 4.78 is 1.80. The van der Waals surface area contributed by atoms with Gasteiger partial charge in [0.15, 0.2) is 0 Å². The maximum atomic E-state index is 12.3. The van der Waals surface area contributed by atoms with E-state index in [1.807, 2.05) is 12.1 Å². The van der Waals surface area contributed by atoms with E-state index in [2.05, 4.69) is 57.1 Å². The number of carbonyl (C=O) groups is 1. The van der Waals surface area contributed by atoms with E-state index in [9.17, 15) is 4.79 Å². The normalized spacial score (nSPS) is 16.4. The van der Waals surface area contributed by atoms with E-state index in [1.54, 1.807) is 17.3 Å². The van der Waals surface area contributed by atoms with Gasteiger partial charge in [-0.15, -0.1) is 0 Å². The molecule has 1 unspecified atom stereocenters. The minimum Gasteiger partial charge on any atom is -0.351 e. The Morgan fingerprint density at radius 1 is 1.19 bits per heavy atom. The van der Waals surface area contributed by atoms with Crippen molar-refractivity contribution in [2.75, 3.05) is 6.54 Å². The second-order valence-electron chi connectivity index (χ2n) is 6.81. The van der Waals surface area contributed by atoms with E-state index >= 15 is 0 Å². The molecule has 27 heavy (non-hydrogen) atoms. The highest BCUT2D eigenvalue weighted by molar-refractivity contribution is 5.82. The predicted molar refractivity (Wildman–Crippen MR) is 104 cm³/mol. The topological polar surface area (TPSA) is 71.8 Å². The average Bonchev–Trinajstić information content (AvgIpc) is 3.41. The predicted octanol–water partition coefficient (Wildman–Crippen LogP) is 2.36. The SMILES string of the molecule is O=C(NCc1ccccc1-c1ccc(Cn2cncn2)cc1)C1CCCN1. The van der Waals surface area contributed by atoms with Crippen LogP contribution in [0.2, 0.25) is 0 Å². The zero-order chi connectivity index (χ0) is 18.5. The molecule has 2 aromatic carbocycles. The number of nitrogens with zero attached hydrogens (tertiary/aromatic N) is 3. The average molecular weight is 361 g/mol. The number of benzene rings is 2. The molecule has 1 amide bonds. The van der Waals surface area contributed by atoms with Gasteiger partial charge in [-0.1, -0.05) is 48.5 Å². The first-order chi connectivity index (χ1) is 13.3. The van der Waals surface area contributed by atoms with Crippen LogP contribution in [0.1, 0.15) is 24.0 Å². The Hall–Kier alpha value is -2.99. The fourth-order valence-electron chi connectivity index (χ4n) is 3.46. The third-order valence-corrected chi connectivity index (χ3v) is 4.92. The lowest BCUT2D eigenvalue weighted by Crippen LogP contribution is -2.40. The molecule has 3 aromatic rings. The quantitative estimate of drug-likeness (QED) is 0.707. The summed E-state index contributed by atoms with van der Waals surface area (Å²) in [4.78, 5) is 16.2. The van der Waals surface area contributed by atoms with Crippen LogP contribution in [0.25, 0.3) is 11.1 Å². The zero-order valence-electron chi connectivity index (χ0n) is 15.1. The number of carbonyl (C=O) groups excluding carboxylic acids is 1. The summed E-state index contributed by atoms with van der Waals surface area (Å²) in [5.41, 5.74) is 4.57. The molecule has 1 atom stereocenters. The van der Waals surface area contributed by atoms with E-state index in [0.29, 0.717) is 13.1 Å². The third kappa shape index (κ3) is 4.23. The van der Waals surface area contributed by atoms with Crippen LogP contribution in [0.3, 0.4) is 0 Å². The molecule has 1 fully saturated rings. The van der Waals surface area contributed by atoms with Gasteiger partial charge < -0.3 is 10.6 Å². The van der Waals surface area contributed by atoms with Crippen molar-refractivity contribution in [1.29, 1.82) is 0 Å². The van der Waals surface area contributed by atoms with Gasteiger partial charge >= 0.3 is 0 Å². The Morgan fingerprint density at radius 2 is 2.04 bits per heavy atom. The first-order valence-electron chi connectivity index (χ1n) is 9.30. The smallest absolute Gasteiger partial charge is 0.237 e. The molecule has 1 saturated heterocycles. The molecule has 138 valence electrons. The monoisotopic (exact) mass is 361 g/mol. The highest BCUT2D eigenvalue weighted by Gasteiger charge is 2.21. The van der Waals surface area contributed by atoms with Gasteiger partial charge in [0, 0.05) is 6.54 Å². The van der Waals surface area contributed by atoms with Crippen LogP contribution in [-0.2, 0) is 17.9 Å². The molecule has 2 N–H and O–H groups in total. The van der Waals surface area contributed by atoms with Crippen LogP contribution in [0.15, 0.2) is 61.2 Å². The van der Waals surface area contributed by atoms with Gasteiger partial charge in [-0.05, 0) is 41.6 Å². The highest BCUT2D eigenvalue weighted by atomic mass is 16.2. The van der Waals surface area contributed by atoms with E-state index in [1.165, 1.54) is 5.56 Å². The number of aromatic nitrogens is 3. The molecule has 2 heterocycles. The van der Waals surface area contributed by atoms with Crippen LogP contribution in [0, 0.1) is 0 Å². The fourth-order valence-corrected chi connectivity index (χ4v) is 3.46. The van der Waals surface area contributed by atoms with Crippen molar-refractivity contribution in [3.63, 3.8) is 0 Å². The maximum absolute atomic E-state index is 12.3. The van der Waals surface area contributed by atoms with Crippen molar-refractivity contribution in [1.82, 2.24) is 25.4 Å². The second kappa shape index (κ2) is 8.14. The molecule has 1 aromatic heterocycles. The van der Waals surface area contributed by atoms with Crippen molar-refractivity contribution in [3.8, 4) is 11.1 Å². The molecule has 4 rings (SSSR count). The summed E-state index contributed by atoms with van der Waals surface area (Å²) in [6.45, 7) is 2.16. The van der Waals surface area contributed by atoms with Crippen molar-refractivity contribution in [2.24, 2.45) is 0 Å². The maximum Gasteiger partial charge on any atom is 0.237 e. The number of nitrogens with one attached hydrogen (secondary N) is 2. The Morgan fingerprint density at radius 3 is 2.78 bits per heavy atom. The standard InChI is InChI=1S/C21H23N5O/c27-21(20-6-3-11-23-20)24-12-18-4-1-2-5-19(18)17-9-7-16(8-10-17)13-26-15-22-14-25-26/h1-2,4-5,7-10,14-15,20,23H,3,6,11-13H2,(H,24,27). The van der Waals surface area contributed by atoms with Gasteiger partial charge in [0.2, 0.25) is 5.91 Å². The van der Waals surface area contributed by atoms with Gasteiger partial charge in [-0.3, -0.25) is 4.79 Å². The van der Waals surface area contributed by atoms with Crippen LogP contribution in [0.5, 0.6) is 0 Å². The molecule has 1 aliphatic heterocycles. The lowest BCUT2D eigenvalue weighted by atomic mass is 9.98. The van der Waals surface area contributed by atoms with Crippen molar-refractivity contribution in [3.05, 3.63) is 72.3 Å². The molecule has 0 radical (unpaired) electrons. The van der Waals surface area contributed by atoms with E-state index in [-0.39, 0.29) is 11.9 Å². The molecule has 0 bridgehead atoms. The van der Waals surface area contributed by atoms with E-state index in [0.717, 1.165) is 36.1 Å². The molecule has 0 saturated carbocycles. The summed E-state index contributed by atoms with van der Waals surface area (Å²) in [6, 6.07) is 16.6. The largest absolute Gasteiger partial charge is 0.351 e. The number of amides is 1. The van der Waals surface area contributed by atoms with Crippen LogP contribution in [0.4, 0.5) is 0 Å². The Bertz CT molecular complexity index is 883. The Labute approximate surface area is 158 Å². The van der Waals surface area contributed by atoms with Crippen molar-refractivity contribution in [2.45, 2.75) is 32.0 Å². The molecular weight excluding hydrogens is 338 g/mol. The lowest BCUT2D eigenvalue weighted by Gasteiger charge is -2.14. The second-order valence-corrected chi connectivity index (χ2v) is 6.81. The Balaban J connectivity index is 1.46. The van der Waals surface area contributed by atoms with Crippen molar-refractivity contribution < 1.29 is 4.79 Å². The molecular formula is C21H23N5O. The summed E-state index contributed by atoms with van der Waals surface area (Å²) in [5.74, 6) is 0.0884. The Kier molecular flexibility index (Phi) is 5.25. The number of rotatable bonds is 6. The minimum absolute atomic E-state index is 0.0479. The van der Waals surface area contributed by atoms with E-state index in [4.69, 9.17) is 0 Å². The van der Waals surface area contributed by atoms with Crippen LogP contribution in [-0.4, -0.2) is 33.3 Å². The summed E-state index contributed by atoms with van der Waals surface area (Å²) in [6.07, 6.45) is 5.24. The third-order valence-electron chi connectivity index (χ3n) is 4.92. The van der Waals surface area contributed by atoms with Gasteiger partial charge in [-0.2, -0.15) is 5.10 Å². The number of hydrogen-bond donors (Lipinski definition) is 2. The van der Waals surface area contributed by atoms with Gasteiger partial charge in [0.1, 0.15) is 12.7 Å². The molecule has 0 spiro atoms.